The summed E-state index contributed by atoms with van der Waals surface area (Å²) < 4.78 is 0. The van der Waals surface area contributed by atoms with Crippen LogP contribution in [-0.2, 0) is 0 Å². The summed E-state index contributed by atoms with van der Waals surface area (Å²) in [6, 6.07) is 0. The van der Waals surface area contributed by atoms with E-state index >= 15 is 0 Å². The molecule has 0 spiro atoms. The summed E-state index contributed by atoms with van der Waals surface area (Å²) in [4.78, 5) is 0. The third-order valence-electron chi connectivity index (χ3n) is 6.71. The van der Waals surface area contributed by atoms with Crippen molar-refractivity contribution in [3.05, 3.63) is 0 Å². The zero-order chi connectivity index (χ0) is 20.1. The Morgan fingerprint density at radius 3 is 1.00 bits per heavy atom. The van der Waals surface area contributed by atoms with Crippen LogP contribution in [0.25, 0.3) is 0 Å². The molecule has 0 atom stereocenters. The van der Waals surface area contributed by atoms with Gasteiger partial charge in [0, 0.05) is 0 Å². The molecule has 0 aliphatic carbocycles. The molecule has 166 valence electrons. The zero-order valence-corrected chi connectivity index (χ0v) is 21.1. The second kappa shape index (κ2) is 21.1. The molecule has 0 aliphatic rings. The number of hydrogen-bond acceptors (Lipinski definition) is 0. The molecule has 0 bridgehead atoms. The van der Waals surface area contributed by atoms with Gasteiger partial charge in [-0.2, -0.15) is 0 Å². The molecule has 0 nitrogen and oxygen atoms in total. The Kier molecular flexibility index (Phi) is 21.5. The molecule has 0 unspecified atom stereocenters. The van der Waals surface area contributed by atoms with Crippen molar-refractivity contribution in [1.29, 1.82) is 0 Å². The van der Waals surface area contributed by atoms with Crippen molar-refractivity contribution in [2.45, 2.75) is 143 Å². The number of rotatable bonds is 22. The maximum atomic E-state index is 2.43. The van der Waals surface area contributed by atoms with Crippen molar-refractivity contribution in [1.82, 2.24) is 0 Å². The van der Waals surface area contributed by atoms with Crippen molar-refractivity contribution < 1.29 is 0 Å². The Labute approximate surface area is 175 Å². The van der Waals surface area contributed by atoms with Crippen molar-refractivity contribution in [3.63, 3.8) is 0 Å². The Balaban J connectivity index is 3.74. The van der Waals surface area contributed by atoms with Gasteiger partial charge in [-0.25, -0.2) is 0 Å². The van der Waals surface area contributed by atoms with E-state index in [0.717, 1.165) is 0 Å². The van der Waals surface area contributed by atoms with Crippen molar-refractivity contribution in [3.8, 4) is 0 Å². The van der Waals surface area contributed by atoms with Crippen LogP contribution in [0.15, 0.2) is 0 Å². The summed E-state index contributed by atoms with van der Waals surface area (Å²) in [6.07, 6.45) is 33.1. The Bertz CT molecular complexity index is 265. The van der Waals surface area contributed by atoms with Crippen molar-refractivity contribution in [2.24, 2.45) is 0 Å². The molecule has 0 aromatic carbocycles. The Hall–Kier alpha value is 0.430. The molecule has 0 radical (unpaired) electrons. The quantitative estimate of drug-likeness (QED) is 0.125. The van der Waals surface area contributed by atoms with Crippen LogP contribution in [0.2, 0.25) is 0 Å². The van der Waals surface area contributed by atoms with E-state index in [1.807, 2.05) is 0 Å². The van der Waals surface area contributed by atoms with Gasteiger partial charge in [0.15, 0.2) is 0 Å². The van der Waals surface area contributed by atoms with Crippen molar-refractivity contribution in [2.75, 3.05) is 24.6 Å². The molecule has 0 N–H and O–H groups in total. The second-order valence-corrected chi connectivity index (χ2v) is 14.4. The molecule has 0 amide bonds. The number of hydrogen-bond donors (Lipinski definition) is 0. The third-order valence-corrected chi connectivity index (χ3v) is 12.5. The molecule has 0 aliphatic heterocycles. The van der Waals surface area contributed by atoms with Crippen molar-refractivity contribution >= 4 is 7.26 Å². The molecule has 0 rings (SSSR count). The van der Waals surface area contributed by atoms with Gasteiger partial charge in [-0.05, 0) is 0 Å². The van der Waals surface area contributed by atoms with Gasteiger partial charge in [-0.15, -0.1) is 0 Å². The van der Waals surface area contributed by atoms with Crippen LogP contribution >= 0.6 is 7.26 Å². The molecular formula is C26H57P. The summed E-state index contributed by atoms with van der Waals surface area (Å²) in [5.41, 5.74) is 0. The van der Waals surface area contributed by atoms with Gasteiger partial charge in [0.1, 0.15) is 0 Å². The first-order chi connectivity index (χ1) is 13.2. The van der Waals surface area contributed by atoms with E-state index < -0.39 is 7.26 Å². The van der Waals surface area contributed by atoms with Gasteiger partial charge in [-0.3, -0.25) is 0 Å². The van der Waals surface area contributed by atoms with E-state index in [4.69, 9.17) is 0 Å². The third kappa shape index (κ3) is 17.0. The second-order valence-electron chi connectivity index (χ2n) is 9.45. The van der Waals surface area contributed by atoms with Crippen LogP contribution in [0.1, 0.15) is 143 Å². The first-order valence-electron chi connectivity index (χ1n) is 13.2. The summed E-state index contributed by atoms with van der Waals surface area (Å²) in [7, 11) is -0.938. The average molecular weight is 401 g/mol. The topological polar surface area (TPSA) is 0 Å². The normalized spacial score (nSPS) is 12.6. The fourth-order valence-corrected chi connectivity index (χ4v) is 10.7. The fourth-order valence-electron chi connectivity index (χ4n) is 4.90. The predicted octanol–water partition coefficient (Wildman–Crippen LogP) is 9.84. The minimum absolute atomic E-state index is 0.938. The van der Waals surface area contributed by atoms with E-state index in [-0.39, 0.29) is 0 Å². The molecule has 1 heteroatoms. The molecule has 0 saturated heterocycles. The molecule has 0 saturated carbocycles. The summed E-state index contributed by atoms with van der Waals surface area (Å²) in [5.74, 6) is 0. The van der Waals surface area contributed by atoms with Gasteiger partial charge in [-0.1, -0.05) is 19.8 Å². The molecule has 0 heterocycles. The van der Waals surface area contributed by atoms with Gasteiger partial charge < -0.3 is 0 Å². The van der Waals surface area contributed by atoms with Crippen LogP contribution in [0.3, 0.4) is 0 Å². The average Bonchev–Trinajstić information content (AvgIpc) is 2.68. The summed E-state index contributed by atoms with van der Waals surface area (Å²) in [6.45, 7) is 9.51. The van der Waals surface area contributed by atoms with E-state index in [1.165, 1.54) is 109 Å². The van der Waals surface area contributed by atoms with Gasteiger partial charge >= 0.3 is 155 Å². The van der Waals surface area contributed by atoms with Crippen LogP contribution in [0, 0.1) is 0 Å². The van der Waals surface area contributed by atoms with Crippen LogP contribution in [0.4, 0.5) is 0 Å². The first-order valence-corrected chi connectivity index (χ1v) is 16.1. The van der Waals surface area contributed by atoms with E-state index in [1.54, 1.807) is 31.1 Å². The van der Waals surface area contributed by atoms with Gasteiger partial charge in [0.05, 0.1) is 0 Å². The first kappa shape index (κ1) is 27.4. The standard InChI is InChI=1S/C26H57P/c1-5-9-12-13-14-15-16-17-18-19-20-21-22-26-27(23-8-4,24-10-6-2)25-11-7-3/h27H,5-26H2,1-4H3. The van der Waals surface area contributed by atoms with Gasteiger partial charge in [0.2, 0.25) is 0 Å². The monoisotopic (exact) mass is 400 g/mol. The van der Waals surface area contributed by atoms with Gasteiger partial charge in [0.25, 0.3) is 0 Å². The Morgan fingerprint density at radius 1 is 0.296 bits per heavy atom. The minimum atomic E-state index is -0.938. The van der Waals surface area contributed by atoms with Crippen LogP contribution in [0.5, 0.6) is 0 Å². The fraction of sp³-hybridized carbons (Fsp3) is 1.00. The van der Waals surface area contributed by atoms with E-state index in [9.17, 15) is 0 Å². The van der Waals surface area contributed by atoms with E-state index in [2.05, 4.69) is 27.7 Å². The zero-order valence-electron chi connectivity index (χ0n) is 20.1. The van der Waals surface area contributed by atoms with Crippen LogP contribution < -0.4 is 0 Å². The SMILES string of the molecule is CCCCCCCCCCCCCCC[PH](CCC)(CCCC)CCCC. The number of unbranched alkanes of at least 4 members (excludes halogenated alkanes) is 14. The summed E-state index contributed by atoms with van der Waals surface area (Å²) >= 11 is 0. The summed E-state index contributed by atoms with van der Waals surface area (Å²) in [5, 5.41) is 0. The molecule has 0 aromatic rings. The maximum absolute atomic E-state index is 2.43. The predicted molar refractivity (Wildman–Crippen MR) is 134 cm³/mol. The molecule has 27 heavy (non-hydrogen) atoms. The van der Waals surface area contributed by atoms with E-state index in [0.29, 0.717) is 0 Å². The molecule has 0 fully saturated rings. The Morgan fingerprint density at radius 2 is 0.630 bits per heavy atom. The molecular weight excluding hydrogens is 343 g/mol. The van der Waals surface area contributed by atoms with Crippen LogP contribution in [-0.4, -0.2) is 24.6 Å². The molecule has 0 aromatic heterocycles.